The van der Waals surface area contributed by atoms with Gasteiger partial charge in [0, 0.05) is 0 Å². The summed E-state index contributed by atoms with van der Waals surface area (Å²) in [6.45, 7) is 4.35. The Labute approximate surface area is 124 Å². The van der Waals surface area contributed by atoms with Gasteiger partial charge in [-0.1, -0.05) is 44.2 Å². The molecule has 0 aliphatic rings. The fraction of sp³-hybridized carbons (Fsp3) is 0.235. The summed E-state index contributed by atoms with van der Waals surface area (Å²) in [6.07, 6.45) is 1.02. The molecule has 0 aliphatic heterocycles. The van der Waals surface area contributed by atoms with Crippen molar-refractivity contribution in [1.82, 2.24) is 0 Å². The van der Waals surface area contributed by atoms with E-state index in [0.29, 0.717) is 5.92 Å². The molecule has 0 bridgehead atoms. The molecule has 110 valence electrons. The van der Waals surface area contributed by atoms with Crippen LogP contribution in [-0.2, 0) is 6.42 Å². The summed E-state index contributed by atoms with van der Waals surface area (Å²) in [7, 11) is 0. The summed E-state index contributed by atoms with van der Waals surface area (Å²) in [5.41, 5.74) is 8.03. The van der Waals surface area contributed by atoms with Gasteiger partial charge < -0.3 is 11.1 Å². The van der Waals surface area contributed by atoms with Crippen LogP contribution in [-0.4, -0.2) is 6.03 Å². The highest BCUT2D eigenvalue weighted by atomic mass is 19.1. The van der Waals surface area contributed by atoms with Gasteiger partial charge in [-0.3, -0.25) is 0 Å². The molecule has 0 unspecified atom stereocenters. The number of nitrogens with one attached hydrogen (secondary N) is 1. The SMILES string of the molecule is CC(C)Cc1ccc(-c2ccc(NC(N)=O)c(F)c2)cc1. The first-order chi connectivity index (χ1) is 9.95. The molecule has 0 heterocycles. The second kappa shape index (κ2) is 6.39. The van der Waals surface area contributed by atoms with E-state index in [1.807, 2.05) is 12.1 Å². The zero-order chi connectivity index (χ0) is 15.4. The van der Waals surface area contributed by atoms with E-state index in [-0.39, 0.29) is 5.69 Å². The molecule has 0 spiro atoms. The molecule has 0 aliphatic carbocycles. The van der Waals surface area contributed by atoms with Crippen molar-refractivity contribution in [2.75, 3.05) is 5.32 Å². The van der Waals surface area contributed by atoms with E-state index < -0.39 is 11.8 Å². The van der Waals surface area contributed by atoms with Gasteiger partial charge in [-0.25, -0.2) is 9.18 Å². The lowest BCUT2D eigenvalue weighted by molar-refractivity contribution is 0.259. The molecule has 0 fully saturated rings. The molecule has 0 saturated carbocycles. The number of halogens is 1. The maximum Gasteiger partial charge on any atom is 0.316 e. The van der Waals surface area contributed by atoms with Crippen LogP contribution in [0.4, 0.5) is 14.9 Å². The first kappa shape index (κ1) is 15.0. The lowest BCUT2D eigenvalue weighted by Crippen LogP contribution is -2.19. The number of carbonyl (C=O) groups excluding carboxylic acids is 1. The standard InChI is InChI=1S/C17H19FN2O/c1-11(2)9-12-3-5-13(6-4-12)14-7-8-16(15(18)10-14)20-17(19)21/h3-8,10-11H,9H2,1-2H3,(H3,19,20,21). The second-order valence-electron chi connectivity index (χ2n) is 5.48. The molecular formula is C17H19FN2O. The smallest absolute Gasteiger partial charge is 0.316 e. The Kier molecular flexibility index (Phi) is 4.58. The quantitative estimate of drug-likeness (QED) is 0.870. The van der Waals surface area contributed by atoms with Crippen LogP contribution in [0.25, 0.3) is 11.1 Å². The van der Waals surface area contributed by atoms with E-state index in [1.54, 1.807) is 6.07 Å². The van der Waals surface area contributed by atoms with Crippen LogP contribution in [0.5, 0.6) is 0 Å². The van der Waals surface area contributed by atoms with Crippen molar-refractivity contribution in [3.8, 4) is 11.1 Å². The van der Waals surface area contributed by atoms with Crippen LogP contribution in [0.1, 0.15) is 19.4 Å². The summed E-state index contributed by atoms with van der Waals surface area (Å²) >= 11 is 0. The van der Waals surface area contributed by atoms with Crippen LogP contribution >= 0.6 is 0 Å². The van der Waals surface area contributed by atoms with Crippen LogP contribution in [0.15, 0.2) is 42.5 Å². The fourth-order valence-electron chi connectivity index (χ4n) is 2.23. The number of urea groups is 1. The number of anilines is 1. The van der Waals surface area contributed by atoms with Gasteiger partial charge in [-0.2, -0.15) is 0 Å². The van der Waals surface area contributed by atoms with Crippen molar-refractivity contribution in [3.63, 3.8) is 0 Å². The van der Waals surface area contributed by atoms with E-state index in [9.17, 15) is 9.18 Å². The van der Waals surface area contributed by atoms with Crippen LogP contribution in [0, 0.1) is 11.7 Å². The number of benzene rings is 2. The summed E-state index contributed by atoms with van der Waals surface area (Å²) in [5, 5.41) is 2.25. The highest BCUT2D eigenvalue weighted by molar-refractivity contribution is 5.88. The number of rotatable bonds is 4. The van der Waals surface area contributed by atoms with Crippen molar-refractivity contribution < 1.29 is 9.18 Å². The molecule has 0 aromatic heterocycles. The van der Waals surface area contributed by atoms with Gasteiger partial charge >= 0.3 is 6.03 Å². The zero-order valence-corrected chi connectivity index (χ0v) is 12.2. The molecule has 3 N–H and O–H groups in total. The molecule has 0 saturated heterocycles. The summed E-state index contributed by atoms with van der Waals surface area (Å²) in [5.74, 6) is 0.102. The molecule has 21 heavy (non-hydrogen) atoms. The highest BCUT2D eigenvalue weighted by Gasteiger charge is 2.07. The Bertz CT molecular complexity index is 636. The van der Waals surface area contributed by atoms with Gasteiger partial charge in [0.25, 0.3) is 0 Å². The Morgan fingerprint density at radius 2 is 1.76 bits per heavy atom. The van der Waals surface area contributed by atoms with Crippen molar-refractivity contribution >= 4 is 11.7 Å². The molecule has 2 rings (SSSR count). The van der Waals surface area contributed by atoms with Gasteiger partial charge in [0.1, 0.15) is 5.82 Å². The van der Waals surface area contributed by atoms with Crippen LogP contribution < -0.4 is 11.1 Å². The Morgan fingerprint density at radius 3 is 2.29 bits per heavy atom. The highest BCUT2D eigenvalue weighted by Crippen LogP contribution is 2.25. The Hall–Kier alpha value is -2.36. The molecule has 2 aromatic carbocycles. The van der Waals surface area contributed by atoms with E-state index >= 15 is 0 Å². The van der Waals surface area contributed by atoms with E-state index in [0.717, 1.165) is 17.5 Å². The number of hydrogen-bond acceptors (Lipinski definition) is 1. The van der Waals surface area contributed by atoms with Gasteiger partial charge in [0.2, 0.25) is 0 Å². The first-order valence-corrected chi connectivity index (χ1v) is 6.91. The number of carbonyl (C=O) groups is 1. The molecule has 4 heteroatoms. The second-order valence-corrected chi connectivity index (χ2v) is 5.48. The largest absolute Gasteiger partial charge is 0.351 e. The number of nitrogens with two attached hydrogens (primary N) is 1. The molecule has 0 radical (unpaired) electrons. The Morgan fingerprint density at radius 1 is 1.14 bits per heavy atom. The van der Waals surface area contributed by atoms with Crippen LogP contribution in [0.3, 0.4) is 0 Å². The first-order valence-electron chi connectivity index (χ1n) is 6.91. The molecule has 2 amide bonds. The molecule has 0 atom stereocenters. The summed E-state index contributed by atoms with van der Waals surface area (Å²) < 4.78 is 13.9. The number of primary amides is 1. The minimum absolute atomic E-state index is 0.0858. The monoisotopic (exact) mass is 286 g/mol. The van der Waals surface area contributed by atoms with Crippen LogP contribution in [0.2, 0.25) is 0 Å². The average molecular weight is 286 g/mol. The van der Waals surface area contributed by atoms with E-state index in [4.69, 9.17) is 5.73 Å². The molecular weight excluding hydrogens is 267 g/mol. The summed E-state index contributed by atoms with van der Waals surface area (Å²) in [6, 6.07) is 12.0. The predicted molar refractivity (Wildman–Crippen MR) is 83.6 cm³/mol. The minimum atomic E-state index is -0.778. The van der Waals surface area contributed by atoms with Crippen molar-refractivity contribution in [2.24, 2.45) is 11.7 Å². The normalized spacial score (nSPS) is 10.7. The molecule has 3 nitrogen and oxygen atoms in total. The lowest BCUT2D eigenvalue weighted by atomic mass is 9.99. The van der Waals surface area contributed by atoms with Gasteiger partial charge in [-0.05, 0) is 41.2 Å². The van der Waals surface area contributed by atoms with Crippen molar-refractivity contribution in [2.45, 2.75) is 20.3 Å². The van der Waals surface area contributed by atoms with Crippen molar-refractivity contribution in [1.29, 1.82) is 0 Å². The third-order valence-electron chi connectivity index (χ3n) is 3.16. The molecule has 2 aromatic rings. The number of amides is 2. The zero-order valence-electron chi connectivity index (χ0n) is 12.2. The van der Waals surface area contributed by atoms with E-state index in [1.165, 1.54) is 17.7 Å². The number of hydrogen-bond donors (Lipinski definition) is 2. The van der Waals surface area contributed by atoms with Crippen molar-refractivity contribution in [3.05, 3.63) is 53.8 Å². The third-order valence-corrected chi connectivity index (χ3v) is 3.16. The predicted octanol–water partition coefficient (Wildman–Crippen LogP) is 4.18. The fourth-order valence-corrected chi connectivity index (χ4v) is 2.23. The lowest BCUT2D eigenvalue weighted by Gasteiger charge is -2.08. The maximum atomic E-state index is 13.9. The van der Waals surface area contributed by atoms with Gasteiger partial charge in [-0.15, -0.1) is 0 Å². The van der Waals surface area contributed by atoms with E-state index in [2.05, 4.69) is 31.3 Å². The minimum Gasteiger partial charge on any atom is -0.351 e. The third kappa shape index (κ3) is 4.05. The Balaban J connectivity index is 2.22. The van der Waals surface area contributed by atoms with Gasteiger partial charge in [0.05, 0.1) is 5.69 Å². The maximum absolute atomic E-state index is 13.9. The van der Waals surface area contributed by atoms with Gasteiger partial charge in [0.15, 0.2) is 0 Å². The topological polar surface area (TPSA) is 55.1 Å². The summed E-state index contributed by atoms with van der Waals surface area (Å²) in [4.78, 5) is 10.7. The average Bonchev–Trinajstić information content (AvgIpc) is 2.41.